The molecule has 2 heterocycles. The van der Waals surface area contributed by atoms with E-state index in [4.69, 9.17) is 9.47 Å². The van der Waals surface area contributed by atoms with Gasteiger partial charge in [-0.1, -0.05) is 17.8 Å². The smallest absolute Gasteiger partial charge is 0.332 e. The van der Waals surface area contributed by atoms with Gasteiger partial charge in [0.1, 0.15) is 0 Å². The number of nitrogens with one attached hydrogen (secondary N) is 1. The first-order chi connectivity index (χ1) is 14.8. The van der Waals surface area contributed by atoms with Gasteiger partial charge in [0.25, 0.3) is 5.56 Å². The number of ether oxygens (including phenoxy) is 2. The van der Waals surface area contributed by atoms with Crippen LogP contribution in [0, 0.1) is 0 Å². The Labute approximate surface area is 182 Å². The van der Waals surface area contributed by atoms with Crippen molar-refractivity contribution in [3.8, 4) is 11.5 Å². The van der Waals surface area contributed by atoms with E-state index in [1.807, 2.05) is 18.2 Å². The summed E-state index contributed by atoms with van der Waals surface area (Å²) in [5.74, 6) is 1.28. The number of hydrogen-bond donors (Lipinski definition) is 1. The minimum Gasteiger partial charge on any atom is -0.493 e. The van der Waals surface area contributed by atoms with Gasteiger partial charge >= 0.3 is 5.69 Å². The first-order valence-corrected chi connectivity index (χ1v) is 10.5. The minimum atomic E-state index is -0.458. The Morgan fingerprint density at radius 1 is 1.06 bits per heavy atom. The van der Waals surface area contributed by atoms with Crippen LogP contribution in [0.25, 0.3) is 11.2 Å². The highest BCUT2D eigenvalue weighted by molar-refractivity contribution is 7.99. The number of rotatable bonds is 8. The van der Waals surface area contributed by atoms with Crippen LogP contribution < -0.4 is 26.0 Å². The monoisotopic (exact) mass is 447 g/mol. The molecule has 0 bridgehead atoms. The molecule has 31 heavy (non-hydrogen) atoms. The van der Waals surface area contributed by atoms with Crippen molar-refractivity contribution in [2.75, 3.05) is 26.5 Å². The molecule has 2 aromatic heterocycles. The number of carbonyl (C=O) groups excluding carboxylic acids is 1. The van der Waals surface area contributed by atoms with E-state index in [0.717, 1.165) is 10.1 Å². The third-order valence-electron chi connectivity index (χ3n) is 4.94. The Morgan fingerprint density at radius 3 is 2.45 bits per heavy atom. The van der Waals surface area contributed by atoms with Crippen molar-refractivity contribution < 1.29 is 14.3 Å². The van der Waals surface area contributed by atoms with Gasteiger partial charge in [0.2, 0.25) is 5.91 Å². The molecule has 3 aromatic rings. The lowest BCUT2D eigenvalue weighted by atomic mass is 10.1. The number of carbonyl (C=O) groups is 1. The Kier molecular flexibility index (Phi) is 6.74. The van der Waals surface area contributed by atoms with Gasteiger partial charge < -0.3 is 19.4 Å². The maximum absolute atomic E-state index is 12.3. The number of aromatic nitrogens is 4. The number of imidazole rings is 1. The van der Waals surface area contributed by atoms with Crippen LogP contribution in [0.3, 0.4) is 0 Å². The second-order valence-electron chi connectivity index (χ2n) is 6.91. The van der Waals surface area contributed by atoms with E-state index in [1.54, 1.807) is 32.9 Å². The molecule has 1 N–H and O–H groups in total. The van der Waals surface area contributed by atoms with Crippen molar-refractivity contribution in [1.29, 1.82) is 0 Å². The zero-order valence-electron chi connectivity index (χ0n) is 18.1. The zero-order chi connectivity index (χ0) is 22.7. The summed E-state index contributed by atoms with van der Waals surface area (Å²) < 4.78 is 14.6. The average Bonchev–Trinajstić information content (AvgIpc) is 3.11. The Morgan fingerprint density at radius 2 is 1.77 bits per heavy atom. The lowest BCUT2D eigenvalue weighted by Gasteiger charge is -2.10. The minimum absolute atomic E-state index is 0.136. The van der Waals surface area contributed by atoms with Crippen LogP contribution in [-0.4, -0.2) is 51.1 Å². The quantitative estimate of drug-likeness (QED) is 0.499. The molecule has 1 aromatic carbocycles. The van der Waals surface area contributed by atoms with Crippen molar-refractivity contribution in [3.05, 3.63) is 44.6 Å². The second-order valence-corrected chi connectivity index (χ2v) is 7.85. The third kappa shape index (κ3) is 4.46. The first-order valence-electron chi connectivity index (χ1n) is 9.51. The number of amides is 1. The predicted octanol–water partition coefficient (Wildman–Crippen LogP) is 0.439. The summed E-state index contributed by atoms with van der Waals surface area (Å²) in [5.41, 5.74) is 0.746. The molecular formula is C20H25N5O5S. The number of methoxy groups -OCH3 is 2. The number of hydrogen-bond acceptors (Lipinski definition) is 7. The maximum atomic E-state index is 12.3. The highest BCUT2D eigenvalue weighted by Crippen LogP contribution is 2.27. The Hall–Kier alpha value is -3.21. The molecule has 166 valence electrons. The van der Waals surface area contributed by atoms with E-state index in [-0.39, 0.29) is 17.2 Å². The highest BCUT2D eigenvalue weighted by Gasteiger charge is 2.17. The third-order valence-corrected chi connectivity index (χ3v) is 5.97. The van der Waals surface area contributed by atoms with Crippen molar-refractivity contribution in [1.82, 2.24) is 24.0 Å². The number of benzene rings is 1. The average molecular weight is 448 g/mol. The maximum Gasteiger partial charge on any atom is 0.332 e. The molecule has 11 heteroatoms. The molecular weight excluding hydrogens is 422 g/mol. The summed E-state index contributed by atoms with van der Waals surface area (Å²) in [6.45, 7) is 0.465. The lowest BCUT2D eigenvalue weighted by molar-refractivity contribution is -0.118. The normalized spacial score (nSPS) is 11.0. The topological polar surface area (TPSA) is 109 Å². The largest absolute Gasteiger partial charge is 0.493 e. The van der Waals surface area contributed by atoms with Crippen LogP contribution in [0.1, 0.15) is 5.56 Å². The van der Waals surface area contributed by atoms with Crippen LogP contribution >= 0.6 is 11.8 Å². The van der Waals surface area contributed by atoms with Crippen LogP contribution in [-0.2, 0) is 32.4 Å². The molecule has 0 fully saturated rings. The van der Waals surface area contributed by atoms with E-state index in [2.05, 4.69) is 10.3 Å². The highest BCUT2D eigenvalue weighted by atomic mass is 32.2. The summed E-state index contributed by atoms with van der Waals surface area (Å²) in [6, 6.07) is 5.63. The summed E-state index contributed by atoms with van der Waals surface area (Å²) in [4.78, 5) is 41.1. The van der Waals surface area contributed by atoms with Gasteiger partial charge in [-0.05, 0) is 24.1 Å². The van der Waals surface area contributed by atoms with Crippen molar-refractivity contribution in [2.24, 2.45) is 21.1 Å². The summed E-state index contributed by atoms with van der Waals surface area (Å²) in [5, 5.41) is 3.36. The number of nitrogens with zero attached hydrogens (tertiary/aromatic N) is 4. The molecule has 0 saturated heterocycles. The molecule has 0 spiro atoms. The Balaban J connectivity index is 1.61. The lowest BCUT2D eigenvalue weighted by Crippen LogP contribution is -2.37. The molecule has 3 rings (SSSR count). The standard InChI is InChI=1S/C20H25N5O5S/c1-23-17-16(18(27)25(3)20(28)24(17)2)22-19(23)31-11-15(26)21-9-8-12-6-7-13(29-4)14(10-12)30-5/h6-7,10H,8-9,11H2,1-5H3,(H,21,26). The van der Waals surface area contributed by atoms with Crippen molar-refractivity contribution in [2.45, 2.75) is 11.6 Å². The van der Waals surface area contributed by atoms with E-state index in [1.165, 1.54) is 23.4 Å². The van der Waals surface area contributed by atoms with E-state index in [0.29, 0.717) is 35.3 Å². The molecule has 0 aliphatic carbocycles. The summed E-state index contributed by atoms with van der Waals surface area (Å²) >= 11 is 1.21. The van der Waals surface area contributed by atoms with Gasteiger partial charge in [-0.3, -0.25) is 18.7 Å². The molecule has 1 amide bonds. The van der Waals surface area contributed by atoms with Crippen molar-refractivity contribution >= 4 is 28.8 Å². The molecule has 0 atom stereocenters. The Bertz CT molecular complexity index is 1240. The van der Waals surface area contributed by atoms with Gasteiger partial charge in [0.15, 0.2) is 27.8 Å². The zero-order valence-corrected chi connectivity index (χ0v) is 18.9. The van der Waals surface area contributed by atoms with E-state index >= 15 is 0 Å². The molecule has 0 aliphatic rings. The van der Waals surface area contributed by atoms with Gasteiger partial charge in [-0.2, -0.15) is 0 Å². The SMILES string of the molecule is COc1ccc(CCNC(=O)CSc2nc3c(=O)n(C)c(=O)n(C)c3n2C)cc1OC. The first kappa shape index (κ1) is 22.5. The fourth-order valence-electron chi connectivity index (χ4n) is 3.25. The molecule has 0 radical (unpaired) electrons. The number of fused-ring (bicyclic) bond motifs is 1. The van der Waals surface area contributed by atoms with Crippen LogP contribution in [0.5, 0.6) is 11.5 Å². The van der Waals surface area contributed by atoms with Gasteiger partial charge in [0, 0.05) is 27.7 Å². The fraction of sp³-hybridized carbons (Fsp3) is 0.400. The summed E-state index contributed by atoms with van der Waals surface area (Å²) in [7, 11) is 7.87. The van der Waals surface area contributed by atoms with Crippen LogP contribution in [0.4, 0.5) is 0 Å². The number of thioether (sulfide) groups is 1. The van der Waals surface area contributed by atoms with E-state index < -0.39 is 11.2 Å². The summed E-state index contributed by atoms with van der Waals surface area (Å²) in [6.07, 6.45) is 0.640. The molecule has 0 aliphatic heterocycles. The van der Waals surface area contributed by atoms with Gasteiger partial charge in [-0.25, -0.2) is 9.78 Å². The van der Waals surface area contributed by atoms with Gasteiger partial charge in [-0.15, -0.1) is 0 Å². The van der Waals surface area contributed by atoms with E-state index in [9.17, 15) is 14.4 Å². The van der Waals surface area contributed by atoms with Gasteiger partial charge in [0.05, 0.1) is 20.0 Å². The van der Waals surface area contributed by atoms with Crippen molar-refractivity contribution in [3.63, 3.8) is 0 Å². The number of aryl methyl sites for hydroxylation is 2. The molecule has 10 nitrogen and oxygen atoms in total. The van der Waals surface area contributed by atoms with Crippen LogP contribution in [0.2, 0.25) is 0 Å². The molecule has 0 unspecified atom stereocenters. The van der Waals surface area contributed by atoms with Crippen LogP contribution in [0.15, 0.2) is 32.9 Å². The second kappa shape index (κ2) is 9.29. The predicted molar refractivity (Wildman–Crippen MR) is 118 cm³/mol. The fourth-order valence-corrected chi connectivity index (χ4v) is 4.05. The molecule has 0 saturated carbocycles.